The summed E-state index contributed by atoms with van der Waals surface area (Å²) in [6.45, 7) is -0.00679. The van der Waals surface area contributed by atoms with Crippen LogP contribution in [0.4, 0.5) is 4.39 Å². The molecular weight excluding hydrogens is 391 g/mol. The molecule has 0 fully saturated rings. The molecule has 0 radical (unpaired) electrons. The maximum Gasteiger partial charge on any atom is 0.274 e. The van der Waals surface area contributed by atoms with Crippen molar-refractivity contribution in [3.8, 4) is 10.6 Å². The van der Waals surface area contributed by atoms with E-state index in [4.69, 9.17) is 4.74 Å². The normalized spacial score (nSPS) is 12.3. The first-order chi connectivity index (χ1) is 14.1. The van der Waals surface area contributed by atoms with Crippen molar-refractivity contribution in [2.45, 2.75) is 19.3 Å². The van der Waals surface area contributed by atoms with Gasteiger partial charge in [0.1, 0.15) is 11.5 Å². The van der Waals surface area contributed by atoms with Crippen LogP contribution in [0.15, 0.2) is 70.8 Å². The van der Waals surface area contributed by atoms with Crippen LogP contribution in [0.2, 0.25) is 0 Å². The van der Waals surface area contributed by atoms with Crippen molar-refractivity contribution in [2.24, 2.45) is 0 Å². The molecular formula is C22H19FN2O3S. The van der Waals surface area contributed by atoms with Crippen molar-refractivity contribution in [2.75, 3.05) is 6.61 Å². The SMILES string of the molecule is O=c1c2ccccc2c(-c2cccs2)nn1C[C@@H](O)COCc1ccccc1F. The minimum atomic E-state index is -0.954. The van der Waals surface area contributed by atoms with Gasteiger partial charge in [-0.2, -0.15) is 5.10 Å². The number of rotatable bonds is 7. The highest BCUT2D eigenvalue weighted by Gasteiger charge is 2.15. The van der Waals surface area contributed by atoms with E-state index in [1.165, 1.54) is 22.1 Å². The Kier molecular flexibility index (Phi) is 5.80. The number of thiophene rings is 1. The minimum absolute atomic E-state index is 0.0146. The maximum absolute atomic E-state index is 13.6. The molecule has 0 amide bonds. The smallest absolute Gasteiger partial charge is 0.274 e. The van der Waals surface area contributed by atoms with Gasteiger partial charge in [0.15, 0.2) is 0 Å². The van der Waals surface area contributed by atoms with Crippen LogP contribution >= 0.6 is 11.3 Å². The first-order valence-corrected chi connectivity index (χ1v) is 10.0. The zero-order valence-electron chi connectivity index (χ0n) is 15.5. The lowest BCUT2D eigenvalue weighted by molar-refractivity contribution is 0.0173. The van der Waals surface area contributed by atoms with Gasteiger partial charge in [0.05, 0.1) is 36.1 Å². The molecule has 0 saturated heterocycles. The Hall–Kier alpha value is -2.87. The van der Waals surface area contributed by atoms with Gasteiger partial charge >= 0.3 is 0 Å². The van der Waals surface area contributed by atoms with Crippen LogP contribution in [0, 0.1) is 5.82 Å². The average molecular weight is 410 g/mol. The van der Waals surface area contributed by atoms with E-state index in [9.17, 15) is 14.3 Å². The van der Waals surface area contributed by atoms with Crippen molar-refractivity contribution in [3.05, 3.63) is 87.8 Å². The van der Waals surface area contributed by atoms with Crippen molar-refractivity contribution >= 4 is 22.1 Å². The Morgan fingerprint density at radius 1 is 1.07 bits per heavy atom. The second-order valence-corrected chi connectivity index (χ2v) is 7.57. The van der Waals surface area contributed by atoms with E-state index in [1.807, 2.05) is 29.6 Å². The highest BCUT2D eigenvalue weighted by atomic mass is 32.1. The van der Waals surface area contributed by atoms with Gasteiger partial charge < -0.3 is 9.84 Å². The van der Waals surface area contributed by atoms with Crippen LogP contribution in [0.3, 0.4) is 0 Å². The summed E-state index contributed by atoms with van der Waals surface area (Å²) in [6.07, 6.45) is -0.954. The van der Waals surface area contributed by atoms with Gasteiger partial charge in [-0.25, -0.2) is 9.07 Å². The molecule has 2 aromatic heterocycles. The van der Waals surface area contributed by atoms with Crippen molar-refractivity contribution in [3.63, 3.8) is 0 Å². The van der Waals surface area contributed by atoms with E-state index in [0.29, 0.717) is 16.6 Å². The quantitative estimate of drug-likeness (QED) is 0.503. The summed E-state index contributed by atoms with van der Waals surface area (Å²) in [5.41, 5.74) is 0.851. The molecule has 7 heteroatoms. The molecule has 4 rings (SSSR count). The van der Waals surface area contributed by atoms with Gasteiger partial charge in [0, 0.05) is 10.9 Å². The molecule has 148 valence electrons. The standard InChI is InChI=1S/C22H19FN2O3S/c23-19-9-4-1-6-15(19)13-28-14-16(26)12-25-22(27)18-8-3-2-7-17(18)21(24-25)20-10-5-11-29-20/h1-11,16,26H,12-14H2/t16-/m1/s1. The first-order valence-electron chi connectivity index (χ1n) is 9.16. The first kappa shape index (κ1) is 19.4. The number of ether oxygens (including phenoxy) is 1. The zero-order valence-corrected chi connectivity index (χ0v) is 16.3. The number of aliphatic hydroxyl groups is 1. The molecule has 0 spiro atoms. The molecule has 0 aliphatic heterocycles. The fourth-order valence-corrected chi connectivity index (χ4v) is 3.85. The van der Waals surface area contributed by atoms with Crippen LogP contribution in [0.1, 0.15) is 5.56 Å². The summed E-state index contributed by atoms with van der Waals surface area (Å²) in [5, 5.41) is 18.1. The second kappa shape index (κ2) is 8.65. The van der Waals surface area contributed by atoms with Crippen LogP contribution in [-0.4, -0.2) is 27.6 Å². The molecule has 0 bridgehead atoms. The minimum Gasteiger partial charge on any atom is -0.389 e. The van der Waals surface area contributed by atoms with Gasteiger partial charge in [-0.05, 0) is 23.6 Å². The van der Waals surface area contributed by atoms with Crippen LogP contribution in [-0.2, 0) is 17.9 Å². The Morgan fingerprint density at radius 3 is 2.59 bits per heavy atom. The van der Waals surface area contributed by atoms with E-state index >= 15 is 0 Å². The van der Waals surface area contributed by atoms with E-state index in [-0.39, 0.29) is 31.1 Å². The van der Waals surface area contributed by atoms with E-state index < -0.39 is 6.10 Å². The zero-order chi connectivity index (χ0) is 20.2. The number of aromatic nitrogens is 2. The second-order valence-electron chi connectivity index (χ2n) is 6.62. The van der Waals surface area contributed by atoms with Crippen molar-refractivity contribution in [1.82, 2.24) is 9.78 Å². The Bertz CT molecular complexity index is 1170. The highest BCUT2D eigenvalue weighted by molar-refractivity contribution is 7.13. The van der Waals surface area contributed by atoms with Crippen LogP contribution < -0.4 is 5.56 Å². The molecule has 0 aliphatic rings. The summed E-state index contributed by atoms with van der Waals surface area (Å²) in [6, 6.07) is 17.5. The predicted octanol–water partition coefficient (Wildman–Crippen LogP) is 3.84. The maximum atomic E-state index is 13.6. The molecule has 5 nitrogen and oxygen atoms in total. The highest BCUT2D eigenvalue weighted by Crippen LogP contribution is 2.28. The lowest BCUT2D eigenvalue weighted by atomic mass is 10.1. The molecule has 1 N–H and O–H groups in total. The Balaban J connectivity index is 1.54. The third kappa shape index (κ3) is 4.27. The fraction of sp³-hybridized carbons (Fsp3) is 0.182. The van der Waals surface area contributed by atoms with E-state index in [0.717, 1.165) is 10.3 Å². The molecule has 1 atom stereocenters. The molecule has 0 unspecified atom stereocenters. The van der Waals surface area contributed by atoms with Crippen molar-refractivity contribution in [1.29, 1.82) is 0 Å². The molecule has 2 aromatic carbocycles. The monoisotopic (exact) mass is 410 g/mol. The van der Waals surface area contributed by atoms with E-state index in [2.05, 4.69) is 5.10 Å². The van der Waals surface area contributed by atoms with Crippen LogP contribution in [0.5, 0.6) is 0 Å². The van der Waals surface area contributed by atoms with Crippen LogP contribution in [0.25, 0.3) is 21.3 Å². The number of fused-ring (bicyclic) bond motifs is 1. The van der Waals surface area contributed by atoms with E-state index in [1.54, 1.807) is 30.3 Å². The Morgan fingerprint density at radius 2 is 1.83 bits per heavy atom. The number of halogens is 1. The average Bonchev–Trinajstić information content (AvgIpc) is 3.26. The molecule has 29 heavy (non-hydrogen) atoms. The van der Waals surface area contributed by atoms with Gasteiger partial charge in [-0.3, -0.25) is 4.79 Å². The lowest BCUT2D eigenvalue weighted by Crippen LogP contribution is -2.31. The predicted molar refractivity (Wildman–Crippen MR) is 111 cm³/mol. The summed E-state index contributed by atoms with van der Waals surface area (Å²) < 4.78 is 20.3. The lowest BCUT2D eigenvalue weighted by Gasteiger charge is -2.15. The Labute approximate surface area is 170 Å². The largest absolute Gasteiger partial charge is 0.389 e. The summed E-state index contributed by atoms with van der Waals surface area (Å²) in [5.74, 6) is -0.352. The number of hydrogen-bond donors (Lipinski definition) is 1. The summed E-state index contributed by atoms with van der Waals surface area (Å²) >= 11 is 1.54. The van der Waals surface area contributed by atoms with Gasteiger partial charge in [0.25, 0.3) is 5.56 Å². The molecule has 2 heterocycles. The number of benzene rings is 2. The summed E-state index contributed by atoms with van der Waals surface area (Å²) in [4.78, 5) is 13.8. The molecule has 0 saturated carbocycles. The fourth-order valence-electron chi connectivity index (χ4n) is 3.13. The molecule has 4 aromatic rings. The van der Waals surface area contributed by atoms with Gasteiger partial charge in [-0.1, -0.05) is 42.5 Å². The summed E-state index contributed by atoms with van der Waals surface area (Å²) in [7, 11) is 0. The third-order valence-corrected chi connectivity index (χ3v) is 5.41. The number of aliphatic hydroxyl groups excluding tert-OH is 1. The number of nitrogens with zero attached hydrogens (tertiary/aromatic N) is 2. The topological polar surface area (TPSA) is 64.4 Å². The van der Waals surface area contributed by atoms with Gasteiger partial charge in [0.2, 0.25) is 0 Å². The third-order valence-electron chi connectivity index (χ3n) is 4.53. The molecule has 0 aliphatic carbocycles. The van der Waals surface area contributed by atoms with Crippen molar-refractivity contribution < 1.29 is 14.2 Å². The van der Waals surface area contributed by atoms with Gasteiger partial charge in [-0.15, -0.1) is 11.3 Å². The number of hydrogen-bond acceptors (Lipinski definition) is 5.